The first kappa shape index (κ1) is 7.09. The molecule has 0 unspecified atom stereocenters. The topological polar surface area (TPSA) is 20.3 Å². The van der Waals surface area contributed by atoms with Crippen LogP contribution < -0.4 is 0 Å². The summed E-state index contributed by atoms with van der Waals surface area (Å²) in [5.41, 5.74) is 0. The van der Waals surface area contributed by atoms with Crippen LogP contribution in [0.4, 0.5) is 0 Å². The van der Waals surface area contributed by atoms with E-state index in [1.807, 2.05) is 0 Å². The van der Waals surface area contributed by atoms with Gasteiger partial charge in [0.15, 0.2) is 0 Å². The molecule has 3 heteroatoms. The summed E-state index contributed by atoms with van der Waals surface area (Å²) in [4.78, 5) is 12.1. The Balaban J connectivity index is 3.35. The van der Waals surface area contributed by atoms with E-state index in [9.17, 15) is 4.79 Å². The van der Waals surface area contributed by atoms with Crippen LogP contribution in [0.3, 0.4) is 0 Å². The molecule has 0 saturated heterocycles. The third kappa shape index (κ3) is 2.75. The van der Waals surface area contributed by atoms with Crippen molar-refractivity contribution in [3.05, 3.63) is 0 Å². The molecule has 7 heavy (non-hydrogen) atoms. The van der Waals surface area contributed by atoms with Gasteiger partial charge in [-0.15, -0.1) is 0 Å². The molecule has 0 aromatic heterocycles. The van der Waals surface area contributed by atoms with E-state index in [1.165, 1.54) is 0 Å². The van der Waals surface area contributed by atoms with Gasteiger partial charge in [0.05, 0.1) is 0 Å². The third-order valence-electron chi connectivity index (χ3n) is 0.713. The van der Waals surface area contributed by atoms with Crippen molar-refractivity contribution in [1.82, 2.24) is 4.90 Å². The Labute approximate surface area is 53.6 Å². The predicted molar refractivity (Wildman–Crippen MR) is 23.5 cm³/mol. The van der Waals surface area contributed by atoms with Gasteiger partial charge in [-0.3, -0.25) is 0 Å². The molecule has 0 N–H and O–H groups in total. The molecule has 0 saturated carbocycles. The Morgan fingerprint density at radius 2 is 2.14 bits per heavy atom. The molecular formula is C4H8NOZn. The van der Waals surface area contributed by atoms with E-state index in [-0.39, 0.29) is 5.91 Å². The maximum atomic E-state index is 10.5. The van der Waals surface area contributed by atoms with Crippen molar-refractivity contribution in [1.29, 1.82) is 0 Å². The number of rotatable bonds is 1. The van der Waals surface area contributed by atoms with Crippen molar-refractivity contribution in [2.24, 2.45) is 0 Å². The number of hydrogen-bond acceptors (Lipinski definition) is 1. The van der Waals surface area contributed by atoms with Gasteiger partial charge < -0.3 is 0 Å². The van der Waals surface area contributed by atoms with Crippen LogP contribution in [0.25, 0.3) is 0 Å². The van der Waals surface area contributed by atoms with E-state index in [4.69, 9.17) is 0 Å². The molecule has 0 rings (SSSR count). The standard InChI is InChI=1S/C4H8NO.Zn/c1-4(6)5(2)3;/h1H2,2-3H3;. The molecular weight excluding hydrogens is 143 g/mol. The minimum absolute atomic E-state index is 0.236. The zero-order valence-corrected chi connectivity index (χ0v) is 7.74. The Morgan fingerprint density at radius 1 is 1.71 bits per heavy atom. The molecule has 0 aliphatic rings. The third-order valence-corrected chi connectivity index (χ3v) is 1.61. The second-order valence-electron chi connectivity index (χ2n) is 1.54. The quantitative estimate of drug-likeness (QED) is 0.485. The SMILES string of the molecule is CN(C)C(=O)[CH2][Zn]. The molecule has 0 aromatic rings. The molecule has 0 fully saturated rings. The normalized spacial score (nSPS) is 8.57. The van der Waals surface area contributed by atoms with Crippen LogP contribution in [0.1, 0.15) is 0 Å². The summed E-state index contributed by atoms with van der Waals surface area (Å²) in [6.45, 7) is 0. The van der Waals surface area contributed by atoms with Gasteiger partial charge >= 0.3 is 53.0 Å². The first-order chi connectivity index (χ1) is 3.18. The summed E-state index contributed by atoms with van der Waals surface area (Å²) in [6.07, 6.45) is 0. The van der Waals surface area contributed by atoms with E-state index in [0.717, 1.165) is 23.3 Å². The number of nitrogens with zero attached hydrogens (tertiary/aromatic N) is 1. The van der Waals surface area contributed by atoms with Crippen molar-refractivity contribution >= 4 is 5.91 Å². The second kappa shape index (κ2) is 3.14. The second-order valence-corrected chi connectivity index (χ2v) is 2.59. The van der Waals surface area contributed by atoms with E-state index in [1.54, 1.807) is 19.0 Å². The van der Waals surface area contributed by atoms with Gasteiger partial charge in [-0.05, 0) is 0 Å². The molecule has 37 valence electrons. The first-order valence-electron chi connectivity index (χ1n) is 2.18. The molecule has 0 bridgehead atoms. The van der Waals surface area contributed by atoms with E-state index >= 15 is 0 Å². The van der Waals surface area contributed by atoms with Gasteiger partial charge in [0.25, 0.3) is 0 Å². The Kier molecular flexibility index (Phi) is 3.18. The molecule has 1 amide bonds. The van der Waals surface area contributed by atoms with Crippen LogP contribution in [-0.4, -0.2) is 24.9 Å². The number of hydrogen-bond donors (Lipinski definition) is 0. The summed E-state index contributed by atoms with van der Waals surface area (Å²) in [7, 11) is 3.55. The monoisotopic (exact) mass is 150 g/mol. The van der Waals surface area contributed by atoms with Crippen LogP contribution >= 0.6 is 0 Å². The van der Waals surface area contributed by atoms with Gasteiger partial charge in [-0.2, -0.15) is 0 Å². The van der Waals surface area contributed by atoms with Crippen LogP contribution in [0.5, 0.6) is 0 Å². The van der Waals surface area contributed by atoms with E-state index in [0.29, 0.717) is 0 Å². The van der Waals surface area contributed by atoms with Crippen molar-refractivity contribution in [3.8, 4) is 0 Å². The number of carbonyl (C=O) groups excluding carboxylic acids is 1. The summed E-state index contributed by atoms with van der Waals surface area (Å²) in [5, 5.41) is 0.729. The summed E-state index contributed by atoms with van der Waals surface area (Å²) in [6, 6.07) is 0. The minimum atomic E-state index is 0.236. The Morgan fingerprint density at radius 3 is 2.14 bits per heavy atom. The summed E-state index contributed by atoms with van der Waals surface area (Å²) >= 11 is 1.07. The molecule has 0 aliphatic carbocycles. The zero-order valence-electron chi connectivity index (χ0n) is 4.77. The average molecular weight is 152 g/mol. The van der Waals surface area contributed by atoms with Gasteiger partial charge in [0, 0.05) is 0 Å². The van der Waals surface area contributed by atoms with Crippen LogP contribution in [0, 0.1) is 0 Å². The molecule has 0 heterocycles. The van der Waals surface area contributed by atoms with Crippen molar-refractivity contribution in [2.75, 3.05) is 14.1 Å². The fourth-order valence-corrected chi connectivity index (χ4v) is 1.16. The maximum absolute atomic E-state index is 10.5. The van der Waals surface area contributed by atoms with E-state index < -0.39 is 0 Å². The molecule has 0 atom stereocenters. The average Bonchev–Trinajstić information content (AvgIpc) is 1.65. The first-order valence-corrected chi connectivity index (χ1v) is 4.27. The van der Waals surface area contributed by atoms with Gasteiger partial charge in [0.1, 0.15) is 0 Å². The van der Waals surface area contributed by atoms with Crippen molar-refractivity contribution in [3.63, 3.8) is 0 Å². The Bertz CT molecular complexity index is 72.1. The van der Waals surface area contributed by atoms with Crippen molar-refractivity contribution in [2.45, 2.75) is 5.02 Å². The Hall–Kier alpha value is 0.0934. The van der Waals surface area contributed by atoms with Gasteiger partial charge in [-0.25, -0.2) is 0 Å². The van der Waals surface area contributed by atoms with Crippen LogP contribution in [0.2, 0.25) is 5.02 Å². The zero-order chi connectivity index (χ0) is 5.86. The fourth-order valence-electron chi connectivity index (χ4n) is 0.224. The molecule has 0 aromatic carbocycles. The van der Waals surface area contributed by atoms with Crippen molar-refractivity contribution < 1.29 is 23.1 Å². The predicted octanol–water partition coefficient (Wildman–Crippen LogP) is 0.0397. The molecule has 0 aliphatic heterocycles. The molecule has 2 nitrogen and oxygen atoms in total. The van der Waals surface area contributed by atoms with E-state index in [2.05, 4.69) is 0 Å². The molecule has 0 spiro atoms. The van der Waals surface area contributed by atoms with Crippen LogP contribution in [0.15, 0.2) is 0 Å². The fraction of sp³-hybridized carbons (Fsp3) is 0.750. The van der Waals surface area contributed by atoms with Crippen LogP contribution in [-0.2, 0) is 23.1 Å². The number of amides is 1. The van der Waals surface area contributed by atoms with Gasteiger partial charge in [-0.1, -0.05) is 0 Å². The summed E-state index contributed by atoms with van der Waals surface area (Å²) < 4.78 is 0. The van der Waals surface area contributed by atoms with Gasteiger partial charge in [0.2, 0.25) is 0 Å². The molecule has 0 radical (unpaired) electrons. The number of carbonyl (C=O) groups is 1. The summed E-state index contributed by atoms with van der Waals surface area (Å²) in [5.74, 6) is 0.236.